The molecule has 0 aliphatic rings. The largest absolute Gasteiger partial charge is 0.508 e. The summed E-state index contributed by atoms with van der Waals surface area (Å²) in [5, 5.41) is 28.7. The first kappa shape index (κ1) is 16.6. The van der Waals surface area contributed by atoms with E-state index in [4.69, 9.17) is 0 Å². The van der Waals surface area contributed by atoms with Gasteiger partial charge in [-0.2, -0.15) is 0 Å². The maximum atomic E-state index is 12.2. The average Bonchev–Trinajstić information content (AvgIpc) is 2.50. The van der Waals surface area contributed by atoms with Gasteiger partial charge in [-0.3, -0.25) is 10.2 Å². The molecule has 0 fully saturated rings. The topological polar surface area (TPSA) is 102 Å². The fraction of sp³-hybridized carbons (Fsp3) is 0.235. The second-order valence-electron chi connectivity index (χ2n) is 5.15. The summed E-state index contributed by atoms with van der Waals surface area (Å²) in [5.41, 5.74) is 6.97. The molecule has 23 heavy (non-hydrogen) atoms. The van der Waals surface area contributed by atoms with E-state index in [1.807, 2.05) is 13.0 Å². The van der Waals surface area contributed by atoms with Crippen LogP contribution < -0.4 is 10.9 Å². The summed E-state index contributed by atoms with van der Waals surface area (Å²) >= 11 is 0. The van der Waals surface area contributed by atoms with Crippen molar-refractivity contribution in [3.05, 3.63) is 53.1 Å². The minimum Gasteiger partial charge on any atom is -0.508 e. The van der Waals surface area contributed by atoms with Gasteiger partial charge in [-0.1, -0.05) is 19.1 Å². The number of phenols is 3. The molecule has 0 atom stereocenters. The van der Waals surface area contributed by atoms with Gasteiger partial charge in [0, 0.05) is 12.6 Å². The van der Waals surface area contributed by atoms with Crippen molar-refractivity contribution in [2.75, 3.05) is 6.54 Å². The molecule has 0 saturated heterocycles. The summed E-state index contributed by atoms with van der Waals surface area (Å²) in [6, 6.07) is 9.49. The highest BCUT2D eigenvalue weighted by Crippen LogP contribution is 2.27. The standard InChI is InChI=1S/C17H20N2O4/c1-2-12-9-14(21)10-15(22)16(12)17(23)19-18-7-6-11-4-3-5-13(20)8-11/h3-5,8-10,18,20-22H,2,6-7H2,1H3,(H,19,23). The lowest BCUT2D eigenvalue weighted by atomic mass is 10.0. The Kier molecular flexibility index (Phi) is 5.43. The van der Waals surface area contributed by atoms with Gasteiger partial charge in [0.2, 0.25) is 0 Å². The number of hydrogen-bond acceptors (Lipinski definition) is 5. The minimum atomic E-state index is -0.463. The third-order valence-corrected chi connectivity index (χ3v) is 3.44. The third-order valence-electron chi connectivity index (χ3n) is 3.44. The van der Waals surface area contributed by atoms with E-state index < -0.39 is 5.91 Å². The van der Waals surface area contributed by atoms with E-state index in [-0.39, 0.29) is 22.8 Å². The molecule has 6 nitrogen and oxygen atoms in total. The van der Waals surface area contributed by atoms with E-state index in [0.717, 1.165) is 11.6 Å². The van der Waals surface area contributed by atoms with Gasteiger partial charge in [-0.15, -0.1) is 0 Å². The Labute approximate surface area is 134 Å². The van der Waals surface area contributed by atoms with Gasteiger partial charge in [-0.05, 0) is 42.2 Å². The summed E-state index contributed by atoms with van der Waals surface area (Å²) in [5.74, 6) is -0.592. The van der Waals surface area contributed by atoms with Gasteiger partial charge in [-0.25, -0.2) is 5.43 Å². The summed E-state index contributed by atoms with van der Waals surface area (Å²) in [6.07, 6.45) is 1.13. The van der Waals surface area contributed by atoms with Gasteiger partial charge in [0.1, 0.15) is 17.2 Å². The zero-order chi connectivity index (χ0) is 16.8. The average molecular weight is 316 g/mol. The summed E-state index contributed by atoms with van der Waals surface area (Å²) in [7, 11) is 0. The predicted molar refractivity (Wildman–Crippen MR) is 86.4 cm³/mol. The number of hydrogen-bond donors (Lipinski definition) is 5. The number of carbonyl (C=O) groups excluding carboxylic acids is 1. The van der Waals surface area contributed by atoms with Crippen molar-refractivity contribution < 1.29 is 20.1 Å². The van der Waals surface area contributed by atoms with E-state index in [1.54, 1.807) is 18.2 Å². The lowest BCUT2D eigenvalue weighted by Crippen LogP contribution is -2.39. The summed E-state index contributed by atoms with van der Waals surface area (Å²) < 4.78 is 0. The van der Waals surface area contributed by atoms with Crippen LogP contribution in [0.1, 0.15) is 28.4 Å². The zero-order valence-electron chi connectivity index (χ0n) is 12.8. The highest BCUT2D eigenvalue weighted by molar-refractivity contribution is 5.98. The van der Waals surface area contributed by atoms with E-state index in [2.05, 4.69) is 10.9 Å². The van der Waals surface area contributed by atoms with Gasteiger partial charge in [0.25, 0.3) is 5.91 Å². The van der Waals surface area contributed by atoms with E-state index in [0.29, 0.717) is 24.9 Å². The SMILES string of the molecule is CCc1cc(O)cc(O)c1C(=O)NNCCc1cccc(O)c1. The van der Waals surface area contributed by atoms with Crippen LogP contribution in [0.3, 0.4) is 0 Å². The highest BCUT2D eigenvalue weighted by Gasteiger charge is 2.16. The lowest BCUT2D eigenvalue weighted by molar-refractivity contribution is 0.0930. The second kappa shape index (κ2) is 7.51. The van der Waals surface area contributed by atoms with Crippen LogP contribution in [0.15, 0.2) is 36.4 Å². The molecule has 2 rings (SSSR count). The molecule has 5 N–H and O–H groups in total. The first-order chi connectivity index (χ1) is 11.0. The first-order valence-electron chi connectivity index (χ1n) is 7.37. The number of amides is 1. The maximum Gasteiger partial charge on any atom is 0.269 e. The lowest BCUT2D eigenvalue weighted by Gasteiger charge is -2.12. The molecule has 0 aromatic heterocycles. The number of hydrazine groups is 1. The molecule has 122 valence electrons. The molecule has 0 saturated carbocycles. The van der Waals surface area contributed by atoms with Crippen LogP contribution >= 0.6 is 0 Å². The molecule has 0 aliphatic heterocycles. The molecular weight excluding hydrogens is 296 g/mol. The number of rotatable bonds is 6. The van der Waals surface area contributed by atoms with E-state index in [9.17, 15) is 20.1 Å². The Balaban J connectivity index is 1.93. The van der Waals surface area contributed by atoms with Crippen LogP contribution in [0, 0.1) is 0 Å². The number of carbonyl (C=O) groups is 1. The molecule has 0 heterocycles. The van der Waals surface area contributed by atoms with E-state index >= 15 is 0 Å². The number of benzene rings is 2. The van der Waals surface area contributed by atoms with Crippen LogP contribution in [0.4, 0.5) is 0 Å². The Morgan fingerprint density at radius 3 is 2.57 bits per heavy atom. The van der Waals surface area contributed by atoms with Crippen molar-refractivity contribution in [2.45, 2.75) is 19.8 Å². The van der Waals surface area contributed by atoms with Crippen molar-refractivity contribution in [3.63, 3.8) is 0 Å². The number of nitrogens with one attached hydrogen (secondary N) is 2. The molecule has 0 aliphatic carbocycles. The molecule has 0 radical (unpaired) electrons. The molecule has 1 amide bonds. The number of aryl methyl sites for hydroxylation is 1. The zero-order valence-corrected chi connectivity index (χ0v) is 12.8. The molecule has 0 spiro atoms. The monoisotopic (exact) mass is 316 g/mol. The first-order valence-corrected chi connectivity index (χ1v) is 7.37. The van der Waals surface area contributed by atoms with Crippen LogP contribution in [-0.2, 0) is 12.8 Å². The fourth-order valence-electron chi connectivity index (χ4n) is 2.33. The van der Waals surface area contributed by atoms with Crippen molar-refractivity contribution in [3.8, 4) is 17.2 Å². The molecular formula is C17H20N2O4. The molecule has 6 heteroatoms. The molecule has 2 aromatic carbocycles. The van der Waals surface area contributed by atoms with Crippen molar-refractivity contribution >= 4 is 5.91 Å². The van der Waals surface area contributed by atoms with E-state index in [1.165, 1.54) is 6.07 Å². The summed E-state index contributed by atoms with van der Waals surface area (Å²) in [6.45, 7) is 2.30. The fourth-order valence-corrected chi connectivity index (χ4v) is 2.33. The van der Waals surface area contributed by atoms with Crippen LogP contribution in [0.2, 0.25) is 0 Å². The smallest absolute Gasteiger partial charge is 0.269 e. The second-order valence-corrected chi connectivity index (χ2v) is 5.15. The van der Waals surface area contributed by atoms with Gasteiger partial charge in [0.05, 0.1) is 5.56 Å². The Hall–Kier alpha value is -2.73. The van der Waals surface area contributed by atoms with Crippen molar-refractivity contribution in [1.29, 1.82) is 0 Å². The number of aromatic hydroxyl groups is 3. The molecule has 0 bridgehead atoms. The molecule has 0 unspecified atom stereocenters. The van der Waals surface area contributed by atoms with Crippen LogP contribution in [0.25, 0.3) is 0 Å². The Bertz CT molecular complexity index is 701. The highest BCUT2D eigenvalue weighted by atomic mass is 16.3. The predicted octanol–water partition coefficient (Wildman–Crippen LogP) is 1.84. The molecule has 2 aromatic rings. The van der Waals surface area contributed by atoms with Crippen LogP contribution in [0.5, 0.6) is 17.2 Å². The number of phenolic OH excluding ortho intramolecular Hbond substituents is 3. The van der Waals surface area contributed by atoms with Gasteiger partial charge >= 0.3 is 0 Å². The van der Waals surface area contributed by atoms with Crippen molar-refractivity contribution in [2.24, 2.45) is 0 Å². The Morgan fingerprint density at radius 2 is 1.87 bits per heavy atom. The quantitative estimate of drug-likeness (QED) is 0.413. The normalized spacial score (nSPS) is 10.5. The van der Waals surface area contributed by atoms with Crippen LogP contribution in [-0.4, -0.2) is 27.8 Å². The Morgan fingerprint density at radius 1 is 1.09 bits per heavy atom. The van der Waals surface area contributed by atoms with Gasteiger partial charge < -0.3 is 15.3 Å². The third kappa shape index (κ3) is 4.37. The summed E-state index contributed by atoms with van der Waals surface area (Å²) in [4.78, 5) is 12.2. The maximum absolute atomic E-state index is 12.2. The minimum absolute atomic E-state index is 0.0762. The van der Waals surface area contributed by atoms with Crippen molar-refractivity contribution in [1.82, 2.24) is 10.9 Å². The van der Waals surface area contributed by atoms with Gasteiger partial charge in [0.15, 0.2) is 0 Å².